The van der Waals surface area contributed by atoms with Crippen molar-refractivity contribution < 1.29 is 24.1 Å². The summed E-state index contributed by atoms with van der Waals surface area (Å²) in [6.45, 7) is 0.854. The zero-order valence-electron chi connectivity index (χ0n) is 15.9. The zero-order valence-corrected chi connectivity index (χ0v) is 15.9. The number of aliphatic carboxylic acids is 1. The number of hydrogen-bond donors (Lipinski definition) is 1. The van der Waals surface area contributed by atoms with Crippen LogP contribution in [0.2, 0.25) is 0 Å². The minimum absolute atomic E-state index is 0.0910. The third-order valence-corrected chi connectivity index (χ3v) is 5.98. The van der Waals surface area contributed by atoms with Gasteiger partial charge in [-0.15, -0.1) is 0 Å². The molecule has 0 aromatic heterocycles. The molecule has 2 aromatic carbocycles. The number of fused-ring (bicyclic) bond motifs is 2. The number of benzene rings is 2. The number of ether oxygens (including phenoxy) is 3. The highest BCUT2D eigenvalue weighted by molar-refractivity contribution is 5.68. The molecule has 0 spiro atoms. The lowest BCUT2D eigenvalue weighted by atomic mass is 9.85. The van der Waals surface area contributed by atoms with Gasteiger partial charge >= 0.3 is 5.97 Å². The molecule has 2 saturated carbocycles. The minimum atomic E-state index is -0.910. The van der Waals surface area contributed by atoms with Gasteiger partial charge in [-0.1, -0.05) is 30.3 Å². The Morgan fingerprint density at radius 3 is 2.46 bits per heavy atom. The highest BCUT2D eigenvalue weighted by Crippen LogP contribution is 2.58. The molecule has 2 aliphatic carbocycles. The van der Waals surface area contributed by atoms with E-state index in [1.807, 2.05) is 48.5 Å². The Bertz CT molecular complexity index is 809. The van der Waals surface area contributed by atoms with E-state index in [0.717, 1.165) is 49.2 Å². The van der Waals surface area contributed by atoms with Crippen LogP contribution in [0.15, 0.2) is 54.6 Å². The molecule has 28 heavy (non-hydrogen) atoms. The summed E-state index contributed by atoms with van der Waals surface area (Å²) in [5.41, 5.74) is 1.09. The molecular formula is C23H26O5. The molecule has 4 rings (SSSR count). The average Bonchev–Trinajstić information content (AvgIpc) is 3.24. The first kappa shape index (κ1) is 19.0. The van der Waals surface area contributed by atoms with Gasteiger partial charge in [-0.3, -0.25) is 0 Å². The molecule has 148 valence electrons. The number of carboxylic acid groups (broad SMARTS) is 1. The van der Waals surface area contributed by atoms with Crippen molar-refractivity contribution >= 4 is 5.97 Å². The minimum Gasteiger partial charge on any atom is -0.480 e. The van der Waals surface area contributed by atoms with Crippen LogP contribution >= 0.6 is 0 Å². The van der Waals surface area contributed by atoms with Crippen molar-refractivity contribution in [2.75, 3.05) is 13.2 Å². The maximum absolute atomic E-state index is 10.7. The molecule has 2 aliphatic rings. The van der Waals surface area contributed by atoms with E-state index >= 15 is 0 Å². The maximum Gasteiger partial charge on any atom is 0.329 e. The highest BCUT2D eigenvalue weighted by atomic mass is 16.5. The Hall–Kier alpha value is -2.37. The summed E-state index contributed by atoms with van der Waals surface area (Å²) >= 11 is 0. The zero-order chi connectivity index (χ0) is 19.5. The van der Waals surface area contributed by atoms with Crippen molar-refractivity contribution in [1.29, 1.82) is 0 Å². The number of rotatable bonds is 9. The van der Waals surface area contributed by atoms with Gasteiger partial charge in [-0.05, 0) is 67.3 Å². The third-order valence-electron chi connectivity index (χ3n) is 5.98. The fourth-order valence-corrected chi connectivity index (χ4v) is 4.58. The number of para-hydroxylation sites is 1. The highest BCUT2D eigenvalue weighted by Gasteiger charge is 2.55. The van der Waals surface area contributed by atoms with Crippen molar-refractivity contribution in [2.24, 2.45) is 5.41 Å². The molecule has 0 atom stereocenters. The fraction of sp³-hybridized carbons (Fsp3) is 0.435. The Labute approximate surface area is 165 Å². The van der Waals surface area contributed by atoms with Gasteiger partial charge in [0.25, 0.3) is 0 Å². The molecule has 0 aliphatic heterocycles. The lowest BCUT2D eigenvalue weighted by Crippen LogP contribution is -2.26. The molecule has 0 amide bonds. The van der Waals surface area contributed by atoms with E-state index in [4.69, 9.17) is 19.3 Å². The van der Waals surface area contributed by atoms with Gasteiger partial charge < -0.3 is 19.3 Å². The second kappa shape index (κ2) is 7.94. The lowest BCUT2D eigenvalue weighted by molar-refractivity contribution is -0.143. The van der Waals surface area contributed by atoms with Crippen molar-refractivity contribution in [3.05, 3.63) is 60.2 Å². The summed E-state index contributed by atoms with van der Waals surface area (Å²) in [4.78, 5) is 10.7. The standard InChI is InChI=1S/C23H26O5/c24-21(25)15-26-17-22-9-11-23(16-22,12-10-22)27-14-18-5-4-8-20(13-18)28-19-6-2-1-3-7-19/h1-8,13H,9-12,14-17H2,(H,24,25). The molecule has 5 heteroatoms. The van der Waals surface area contributed by atoms with E-state index in [1.165, 1.54) is 0 Å². The van der Waals surface area contributed by atoms with Crippen LogP contribution in [0.25, 0.3) is 0 Å². The number of carboxylic acids is 1. The van der Waals surface area contributed by atoms with E-state index in [0.29, 0.717) is 13.2 Å². The van der Waals surface area contributed by atoms with Crippen molar-refractivity contribution in [3.63, 3.8) is 0 Å². The van der Waals surface area contributed by atoms with Gasteiger partial charge in [0.15, 0.2) is 0 Å². The first-order valence-electron chi connectivity index (χ1n) is 9.82. The molecule has 2 aromatic rings. The van der Waals surface area contributed by atoms with Crippen LogP contribution in [0.1, 0.15) is 37.7 Å². The van der Waals surface area contributed by atoms with Crippen molar-refractivity contribution in [2.45, 2.75) is 44.3 Å². The van der Waals surface area contributed by atoms with E-state index in [9.17, 15) is 4.79 Å². The maximum atomic E-state index is 10.7. The van der Waals surface area contributed by atoms with Crippen LogP contribution in [0, 0.1) is 5.41 Å². The second-order valence-corrected chi connectivity index (χ2v) is 8.10. The molecule has 5 nitrogen and oxygen atoms in total. The molecule has 0 saturated heterocycles. The molecule has 2 fully saturated rings. The SMILES string of the molecule is O=C(O)COCC12CCC(OCc3cccc(Oc4ccccc4)c3)(CC1)C2. The average molecular weight is 382 g/mol. The smallest absolute Gasteiger partial charge is 0.329 e. The van der Waals surface area contributed by atoms with Crippen LogP contribution in [-0.2, 0) is 20.9 Å². The Kier molecular flexibility index (Phi) is 5.38. The Morgan fingerprint density at radius 1 is 0.964 bits per heavy atom. The Balaban J connectivity index is 1.33. The Morgan fingerprint density at radius 2 is 1.71 bits per heavy atom. The molecule has 1 N–H and O–H groups in total. The molecule has 0 radical (unpaired) electrons. The quantitative estimate of drug-likeness (QED) is 0.675. The largest absolute Gasteiger partial charge is 0.480 e. The van der Waals surface area contributed by atoms with E-state index in [1.54, 1.807) is 0 Å². The lowest BCUT2D eigenvalue weighted by Gasteiger charge is -2.28. The topological polar surface area (TPSA) is 65.0 Å². The first-order chi connectivity index (χ1) is 13.6. The fourth-order valence-electron chi connectivity index (χ4n) is 4.58. The number of carbonyl (C=O) groups is 1. The normalized spacial score (nSPS) is 25.7. The summed E-state index contributed by atoms with van der Waals surface area (Å²) in [6.07, 6.45) is 5.08. The van der Waals surface area contributed by atoms with Gasteiger partial charge in [0, 0.05) is 0 Å². The molecule has 0 heterocycles. The van der Waals surface area contributed by atoms with Crippen molar-refractivity contribution in [1.82, 2.24) is 0 Å². The van der Waals surface area contributed by atoms with Gasteiger partial charge in [0.05, 0.1) is 18.8 Å². The second-order valence-electron chi connectivity index (χ2n) is 8.10. The predicted octanol–water partition coefficient (Wildman–Crippen LogP) is 4.80. The van der Waals surface area contributed by atoms with Crippen LogP contribution < -0.4 is 4.74 Å². The molecule has 0 unspecified atom stereocenters. The summed E-state index contributed by atoms with van der Waals surface area (Å²) < 4.78 is 17.7. The van der Waals surface area contributed by atoms with Gasteiger partial charge in [-0.25, -0.2) is 4.79 Å². The predicted molar refractivity (Wildman–Crippen MR) is 104 cm³/mol. The first-order valence-corrected chi connectivity index (χ1v) is 9.82. The molecular weight excluding hydrogens is 356 g/mol. The summed E-state index contributed by atoms with van der Waals surface area (Å²) in [5.74, 6) is 0.712. The molecule has 2 bridgehead atoms. The summed E-state index contributed by atoms with van der Waals surface area (Å²) in [5, 5.41) is 8.77. The van der Waals surface area contributed by atoms with Crippen LogP contribution in [0.5, 0.6) is 11.5 Å². The van der Waals surface area contributed by atoms with Crippen LogP contribution in [0.3, 0.4) is 0 Å². The van der Waals surface area contributed by atoms with E-state index < -0.39 is 5.97 Å². The van der Waals surface area contributed by atoms with Crippen LogP contribution in [-0.4, -0.2) is 29.9 Å². The van der Waals surface area contributed by atoms with Crippen molar-refractivity contribution in [3.8, 4) is 11.5 Å². The van der Waals surface area contributed by atoms with E-state index in [2.05, 4.69) is 6.07 Å². The summed E-state index contributed by atoms with van der Waals surface area (Å²) in [7, 11) is 0. The van der Waals surface area contributed by atoms with Gasteiger partial charge in [0.1, 0.15) is 18.1 Å². The van der Waals surface area contributed by atoms with E-state index in [-0.39, 0.29) is 17.6 Å². The van der Waals surface area contributed by atoms with Gasteiger partial charge in [-0.2, -0.15) is 0 Å². The van der Waals surface area contributed by atoms with Gasteiger partial charge in [0.2, 0.25) is 0 Å². The third kappa shape index (κ3) is 4.37. The summed E-state index contributed by atoms with van der Waals surface area (Å²) in [6, 6.07) is 17.8. The monoisotopic (exact) mass is 382 g/mol. The number of hydrogen-bond acceptors (Lipinski definition) is 4. The van der Waals surface area contributed by atoms with Crippen LogP contribution in [0.4, 0.5) is 0 Å².